The minimum atomic E-state index is -0.0388. The van der Waals surface area contributed by atoms with Crippen molar-refractivity contribution in [3.8, 4) is 5.88 Å². The van der Waals surface area contributed by atoms with Crippen molar-refractivity contribution in [2.24, 2.45) is 0 Å². The lowest BCUT2D eigenvalue weighted by molar-refractivity contribution is 0.512. The molecule has 3 aromatic rings. The fourth-order valence-corrected chi connectivity index (χ4v) is 1.44. The van der Waals surface area contributed by atoms with Gasteiger partial charge in [-0.15, -0.1) is 0 Å². The Morgan fingerprint density at radius 3 is 3.19 bits per heavy atom. The molecular formula is C10H9N5O. The van der Waals surface area contributed by atoms with E-state index in [1.54, 1.807) is 12.1 Å². The summed E-state index contributed by atoms with van der Waals surface area (Å²) in [5, 5.41) is 0. The third-order valence-electron chi connectivity index (χ3n) is 2.17. The Morgan fingerprint density at radius 2 is 2.38 bits per heavy atom. The monoisotopic (exact) mass is 217 g/mol. The molecule has 0 saturated carbocycles. The van der Waals surface area contributed by atoms with Crippen LogP contribution >= 0.6 is 0 Å². The van der Waals surface area contributed by atoms with Gasteiger partial charge in [-0.05, 0) is 13.0 Å². The predicted molar refractivity (Wildman–Crippen MR) is 58.1 cm³/mol. The number of aryl methyl sites for hydroxylation is 1. The first-order valence-electron chi connectivity index (χ1n) is 5.75. The van der Waals surface area contributed by atoms with Crippen LogP contribution in [-0.4, -0.2) is 19.5 Å². The highest BCUT2D eigenvalue weighted by Gasteiger charge is 2.10. The molecule has 3 heterocycles. The molecule has 0 amide bonds. The molecule has 0 radical (unpaired) electrons. The largest absolute Gasteiger partial charge is 0.445 e. The molecule has 6 heteroatoms. The lowest BCUT2D eigenvalue weighted by atomic mass is 10.5. The number of fused-ring (bicyclic) bond motifs is 1. The fraction of sp³-hybridized carbons (Fsp3) is 0.100. The summed E-state index contributed by atoms with van der Waals surface area (Å²) in [5.41, 5.74) is 6.46. The molecule has 0 atom stereocenters. The van der Waals surface area contributed by atoms with E-state index in [9.17, 15) is 0 Å². The zero-order chi connectivity index (χ0) is 12.7. The number of aromatic nitrogens is 4. The first-order chi connectivity index (χ1) is 8.70. The van der Waals surface area contributed by atoms with E-state index in [0.29, 0.717) is 22.8 Å². The number of nitrogens with two attached hydrogens (primary N) is 1. The second kappa shape index (κ2) is 3.06. The third kappa shape index (κ3) is 1.16. The number of nitrogens with zero attached hydrogens (tertiary/aromatic N) is 4. The molecule has 0 saturated heterocycles. The highest BCUT2D eigenvalue weighted by Crippen LogP contribution is 2.20. The third-order valence-corrected chi connectivity index (χ3v) is 2.17. The summed E-state index contributed by atoms with van der Waals surface area (Å²) in [6.45, 7) is 0.0388. The van der Waals surface area contributed by atoms with Gasteiger partial charge >= 0.3 is 0 Å². The second-order valence-electron chi connectivity index (χ2n) is 3.22. The molecule has 0 unspecified atom stereocenters. The Balaban J connectivity index is 2.28. The Hall–Kier alpha value is -2.37. The van der Waals surface area contributed by atoms with E-state index in [1.165, 1.54) is 10.9 Å². The Labute approximate surface area is 93.6 Å². The van der Waals surface area contributed by atoms with Crippen LogP contribution in [0.2, 0.25) is 0 Å². The van der Waals surface area contributed by atoms with Crippen LogP contribution in [0, 0.1) is 6.90 Å². The van der Waals surface area contributed by atoms with Crippen LogP contribution < -0.4 is 5.73 Å². The SMILES string of the molecule is [2H]Cc1ccc(-n2c([2H])nc3c(N)ncnc32)o1. The van der Waals surface area contributed by atoms with Crippen molar-refractivity contribution in [3.63, 3.8) is 0 Å². The molecule has 2 N–H and O–H groups in total. The minimum Gasteiger partial charge on any atom is -0.445 e. The van der Waals surface area contributed by atoms with Crippen molar-refractivity contribution < 1.29 is 7.16 Å². The summed E-state index contributed by atoms with van der Waals surface area (Å²) in [6.07, 6.45) is 1.27. The van der Waals surface area contributed by atoms with Crippen LogP contribution in [0.15, 0.2) is 29.2 Å². The van der Waals surface area contributed by atoms with Crippen molar-refractivity contribution in [2.75, 3.05) is 5.73 Å². The van der Waals surface area contributed by atoms with Crippen LogP contribution in [0.3, 0.4) is 0 Å². The molecule has 80 valence electrons. The number of rotatable bonds is 1. The van der Waals surface area contributed by atoms with E-state index in [1.807, 2.05) is 0 Å². The zero-order valence-corrected chi connectivity index (χ0v) is 8.21. The first kappa shape index (κ1) is 7.00. The van der Waals surface area contributed by atoms with Gasteiger partial charge in [0.2, 0.25) is 5.88 Å². The van der Waals surface area contributed by atoms with Crippen molar-refractivity contribution in [1.82, 2.24) is 19.5 Å². The molecule has 0 spiro atoms. The summed E-state index contributed by atoms with van der Waals surface area (Å²) in [5.74, 6) is 1.12. The van der Waals surface area contributed by atoms with E-state index >= 15 is 0 Å². The van der Waals surface area contributed by atoms with Crippen LogP contribution in [0.1, 0.15) is 8.50 Å². The quantitative estimate of drug-likeness (QED) is 0.664. The normalized spacial score (nSPS) is 12.8. The highest BCUT2D eigenvalue weighted by atomic mass is 16.4. The van der Waals surface area contributed by atoms with Crippen LogP contribution in [-0.2, 0) is 0 Å². The minimum absolute atomic E-state index is 0.0388. The van der Waals surface area contributed by atoms with E-state index in [-0.39, 0.29) is 19.0 Å². The van der Waals surface area contributed by atoms with Crippen LogP contribution in [0.4, 0.5) is 5.82 Å². The number of hydrogen-bond acceptors (Lipinski definition) is 5. The van der Waals surface area contributed by atoms with Gasteiger partial charge in [0.05, 0.1) is 0 Å². The maximum Gasteiger partial charge on any atom is 0.206 e. The lowest BCUT2D eigenvalue weighted by Crippen LogP contribution is -1.95. The number of nitrogen functional groups attached to an aromatic ring is 1. The Morgan fingerprint density at radius 1 is 1.44 bits per heavy atom. The van der Waals surface area contributed by atoms with Gasteiger partial charge in [0.1, 0.15) is 19.8 Å². The molecule has 16 heavy (non-hydrogen) atoms. The molecule has 0 bridgehead atoms. The van der Waals surface area contributed by atoms with E-state index in [0.717, 1.165) is 0 Å². The molecule has 0 aliphatic carbocycles. The summed E-state index contributed by atoms with van der Waals surface area (Å²) in [4.78, 5) is 11.9. The standard InChI is InChI=1S/C10H9N5O/c1-6-2-3-7(16-6)15-5-14-8-9(11)12-4-13-10(8)15/h2-5H,1H3,(H2,11,12,13)/i1D,5D. The molecule has 6 nitrogen and oxygen atoms in total. The average molecular weight is 217 g/mol. The molecular weight excluding hydrogens is 206 g/mol. The van der Waals surface area contributed by atoms with Crippen molar-refractivity contribution >= 4 is 17.0 Å². The average Bonchev–Trinajstić information content (AvgIpc) is 2.93. The number of imidazole rings is 1. The lowest BCUT2D eigenvalue weighted by Gasteiger charge is -1.98. The second-order valence-corrected chi connectivity index (χ2v) is 3.22. The van der Waals surface area contributed by atoms with Crippen LogP contribution in [0.25, 0.3) is 17.0 Å². The number of hydrogen-bond donors (Lipinski definition) is 1. The van der Waals surface area contributed by atoms with Crippen molar-refractivity contribution in [2.45, 2.75) is 6.90 Å². The van der Waals surface area contributed by atoms with Gasteiger partial charge in [0, 0.05) is 7.44 Å². The maximum atomic E-state index is 7.82. The number of anilines is 1. The Bertz CT molecular complexity index is 720. The Kier molecular flexibility index (Phi) is 1.34. The zero-order valence-electron chi connectivity index (χ0n) is 10.2. The van der Waals surface area contributed by atoms with E-state index in [2.05, 4.69) is 15.0 Å². The van der Waals surface area contributed by atoms with Crippen molar-refractivity contribution in [3.05, 3.63) is 30.5 Å². The van der Waals surface area contributed by atoms with E-state index < -0.39 is 0 Å². The van der Waals surface area contributed by atoms with Gasteiger partial charge in [-0.1, -0.05) is 0 Å². The van der Waals surface area contributed by atoms with Gasteiger partial charge in [0.15, 0.2) is 17.0 Å². The topological polar surface area (TPSA) is 82.8 Å². The smallest absolute Gasteiger partial charge is 0.206 e. The van der Waals surface area contributed by atoms with Gasteiger partial charge < -0.3 is 10.2 Å². The predicted octanol–water partition coefficient (Wildman–Crippen LogP) is 1.30. The summed E-state index contributed by atoms with van der Waals surface area (Å²) in [7, 11) is 0. The molecule has 3 aromatic heterocycles. The maximum absolute atomic E-state index is 7.82. The molecule has 0 fully saturated rings. The first-order valence-corrected chi connectivity index (χ1v) is 4.54. The summed E-state index contributed by atoms with van der Waals surface area (Å²) in [6, 6.07) is 3.35. The van der Waals surface area contributed by atoms with Gasteiger partial charge in [-0.2, -0.15) is 0 Å². The summed E-state index contributed by atoms with van der Waals surface area (Å²) < 4.78 is 21.9. The molecule has 0 aliphatic heterocycles. The van der Waals surface area contributed by atoms with Gasteiger partial charge in [-0.25, -0.2) is 15.0 Å². The molecule has 3 rings (SSSR count). The van der Waals surface area contributed by atoms with Gasteiger partial charge in [0.25, 0.3) is 0 Å². The molecule has 0 aliphatic rings. The summed E-state index contributed by atoms with van der Waals surface area (Å²) >= 11 is 0. The van der Waals surface area contributed by atoms with Crippen LogP contribution in [0.5, 0.6) is 0 Å². The fourth-order valence-electron chi connectivity index (χ4n) is 1.44. The highest BCUT2D eigenvalue weighted by molar-refractivity contribution is 5.82. The van der Waals surface area contributed by atoms with E-state index in [4.69, 9.17) is 12.9 Å². The molecule has 0 aromatic carbocycles. The number of furan rings is 1. The van der Waals surface area contributed by atoms with Gasteiger partial charge in [-0.3, -0.25) is 4.57 Å². The van der Waals surface area contributed by atoms with Crippen molar-refractivity contribution in [1.29, 1.82) is 0 Å².